The SMILES string of the molecule is CN1CCN(C)C(c2noc(CC(=O)C(C)(C)C)n2)C1. The van der Waals surface area contributed by atoms with Crippen LogP contribution in [0.1, 0.15) is 38.5 Å². The zero-order valence-electron chi connectivity index (χ0n) is 13.0. The molecule has 1 fully saturated rings. The summed E-state index contributed by atoms with van der Waals surface area (Å²) in [4.78, 5) is 20.9. The molecule has 1 aliphatic rings. The summed E-state index contributed by atoms with van der Waals surface area (Å²) in [6, 6.07) is 0.135. The Kier molecular flexibility index (Phi) is 4.25. The van der Waals surface area contributed by atoms with Crippen LogP contribution in [-0.4, -0.2) is 59.5 Å². The third kappa shape index (κ3) is 3.43. The number of carbonyl (C=O) groups is 1. The molecule has 0 spiro atoms. The zero-order chi connectivity index (χ0) is 14.9. The van der Waals surface area contributed by atoms with Crippen LogP contribution in [0.2, 0.25) is 0 Å². The predicted molar refractivity (Wildman–Crippen MR) is 75.3 cm³/mol. The molecule has 0 aliphatic carbocycles. The van der Waals surface area contributed by atoms with Crippen molar-refractivity contribution >= 4 is 5.78 Å². The average Bonchev–Trinajstić information content (AvgIpc) is 2.79. The lowest BCUT2D eigenvalue weighted by molar-refractivity contribution is -0.125. The lowest BCUT2D eigenvalue weighted by atomic mass is 9.89. The second-order valence-electron chi connectivity index (χ2n) is 6.65. The van der Waals surface area contributed by atoms with E-state index in [-0.39, 0.29) is 23.7 Å². The topological polar surface area (TPSA) is 62.5 Å². The van der Waals surface area contributed by atoms with Crippen molar-refractivity contribution in [1.82, 2.24) is 19.9 Å². The maximum atomic E-state index is 12.0. The first kappa shape index (κ1) is 15.1. The van der Waals surface area contributed by atoms with Gasteiger partial charge in [0.2, 0.25) is 5.89 Å². The number of piperazine rings is 1. The van der Waals surface area contributed by atoms with E-state index in [2.05, 4.69) is 34.0 Å². The average molecular weight is 280 g/mol. The van der Waals surface area contributed by atoms with E-state index in [9.17, 15) is 4.79 Å². The minimum absolute atomic E-state index is 0.113. The molecular formula is C14H24N4O2. The molecule has 1 aromatic heterocycles. The Hall–Kier alpha value is -1.27. The second-order valence-corrected chi connectivity index (χ2v) is 6.65. The molecule has 0 radical (unpaired) electrons. The molecule has 6 nitrogen and oxygen atoms in total. The van der Waals surface area contributed by atoms with E-state index in [0.717, 1.165) is 19.6 Å². The summed E-state index contributed by atoms with van der Waals surface area (Å²) in [5, 5.41) is 4.05. The number of likely N-dealkylation sites (N-methyl/N-ethyl adjacent to an activating group) is 2. The molecule has 1 unspecified atom stereocenters. The van der Waals surface area contributed by atoms with Gasteiger partial charge < -0.3 is 9.42 Å². The van der Waals surface area contributed by atoms with Crippen molar-refractivity contribution in [2.45, 2.75) is 33.2 Å². The van der Waals surface area contributed by atoms with Gasteiger partial charge in [-0.25, -0.2) is 0 Å². The predicted octanol–water partition coefficient (Wildman–Crippen LogP) is 1.15. The minimum atomic E-state index is -0.378. The van der Waals surface area contributed by atoms with Gasteiger partial charge in [-0.2, -0.15) is 4.98 Å². The third-order valence-electron chi connectivity index (χ3n) is 3.78. The third-order valence-corrected chi connectivity index (χ3v) is 3.78. The fourth-order valence-corrected chi connectivity index (χ4v) is 2.17. The fourth-order valence-electron chi connectivity index (χ4n) is 2.17. The highest BCUT2D eigenvalue weighted by Gasteiger charge is 2.29. The van der Waals surface area contributed by atoms with Gasteiger partial charge in [0.1, 0.15) is 5.78 Å². The van der Waals surface area contributed by atoms with Gasteiger partial charge >= 0.3 is 0 Å². The van der Waals surface area contributed by atoms with E-state index < -0.39 is 0 Å². The molecule has 1 atom stereocenters. The van der Waals surface area contributed by atoms with Crippen LogP contribution in [0.3, 0.4) is 0 Å². The van der Waals surface area contributed by atoms with Crippen molar-refractivity contribution in [3.05, 3.63) is 11.7 Å². The summed E-state index contributed by atoms with van der Waals surface area (Å²) in [5.74, 6) is 1.21. The number of rotatable bonds is 3. The van der Waals surface area contributed by atoms with E-state index >= 15 is 0 Å². The van der Waals surface area contributed by atoms with E-state index in [0.29, 0.717) is 11.7 Å². The van der Waals surface area contributed by atoms with Crippen molar-refractivity contribution in [3.8, 4) is 0 Å². The molecule has 1 saturated heterocycles. The molecule has 0 bridgehead atoms. The van der Waals surface area contributed by atoms with Crippen molar-refractivity contribution in [3.63, 3.8) is 0 Å². The summed E-state index contributed by atoms with van der Waals surface area (Å²) in [6.07, 6.45) is 0.211. The zero-order valence-corrected chi connectivity index (χ0v) is 13.0. The molecule has 0 aromatic carbocycles. The van der Waals surface area contributed by atoms with Gasteiger partial charge in [0.25, 0.3) is 0 Å². The lowest BCUT2D eigenvalue weighted by Crippen LogP contribution is -2.45. The van der Waals surface area contributed by atoms with Crippen molar-refractivity contribution < 1.29 is 9.32 Å². The van der Waals surface area contributed by atoms with E-state index in [4.69, 9.17) is 4.52 Å². The van der Waals surface area contributed by atoms with Gasteiger partial charge in [-0.15, -0.1) is 0 Å². The Balaban J connectivity index is 2.07. The molecule has 1 aliphatic heterocycles. The Morgan fingerprint density at radius 3 is 2.70 bits per heavy atom. The molecule has 2 heterocycles. The Bertz CT molecular complexity index is 478. The van der Waals surface area contributed by atoms with Crippen LogP contribution in [0.25, 0.3) is 0 Å². The number of hydrogen-bond donors (Lipinski definition) is 0. The van der Waals surface area contributed by atoms with Crippen LogP contribution in [-0.2, 0) is 11.2 Å². The highest BCUT2D eigenvalue weighted by molar-refractivity contribution is 5.84. The summed E-state index contributed by atoms with van der Waals surface area (Å²) < 4.78 is 5.24. The summed E-state index contributed by atoms with van der Waals surface area (Å²) in [7, 11) is 4.15. The monoisotopic (exact) mass is 280 g/mol. The Labute approximate surface area is 120 Å². The molecule has 0 N–H and O–H groups in total. The Morgan fingerprint density at radius 1 is 1.35 bits per heavy atom. The van der Waals surface area contributed by atoms with Crippen molar-refractivity contribution in [2.75, 3.05) is 33.7 Å². The van der Waals surface area contributed by atoms with Crippen LogP contribution in [0.4, 0.5) is 0 Å². The second kappa shape index (κ2) is 5.61. The van der Waals surface area contributed by atoms with Gasteiger partial charge in [0.15, 0.2) is 5.82 Å². The smallest absolute Gasteiger partial charge is 0.234 e. The van der Waals surface area contributed by atoms with Crippen LogP contribution in [0.15, 0.2) is 4.52 Å². The number of carbonyl (C=O) groups excluding carboxylic acids is 1. The number of aromatic nitrogens is 2. The summed E-state index contributed by atoms with van der Waals surface area (Å²) in [6.45, 7) is 8.60. The summed E-state index contributed by atoms with van der Waals surface area (Å²) in [5.41, 5.74) is -0.378. The molecule has 2 rings (SSSR count). The standard InChI is InChI=1S/C14H24N4O2/c1-14(2,3)11(19)8-12-15-13(16-20-12)10-9-17(4)6-7-18(10)5/h10H,6-9H2,1-5H3. The van der Waals surface area contributed by atoms with E-state index in [1.54, 1.807) is 0 Å². The van der Waals surface area contributed by atoms with Crippen LogP contribution < -0.4 is 0 Å². The number of Topliss-reactive ketones (excluding diaryl/α,β-unsaturated/α-hetero) is 1. The number of hydrogen-bond acceptors (Lipinski definition) is 6. The molecule has 0 amide bonds. The molecular weight excluding hydrogens is 256 g/mol. The Morgan fingerprint density at radius 2 is 2.05 bits per heavy atom. The number of nitrogens with zero attached hydrogens (tertiary/aromatic N) is 4. The first-order valence-corrected chi connectivity index (χ1v) is 7.02. The first-order chi connectivity index (χ1) is 9.27. The highest BCUT2D eigenvalue weighted by atomic mass is 16.5. The maximum absolute atomic E-state index is 12.0. The van der Waals surface area contributed by atoms with Gasteiger partial charge in [0.05, 0.1) is 12.5 Å². The molecule has 112 valence electrons. The largest absolute Gasteiger partial charge is 0.339 e. The molecule has 0 saturated carbocycles. The first-order valence-electron chi connectivity index (χ1n) is 7.02. The van der Waals surface area contributed by atoms with Crippen LogP contribution >= 0.6 is 0 Å². The highest BCUT2D eigenvalue weighted by Crippen LogP contribution is 2.22. The quantitative estimate of drug-likeness (QED) is 0.827. The van der Waals surface area contributed by atoms with Crippen molar-refractivity contribution in [1.29, 1.82) is 0 Å². The van der Waals surface area contributed by atoms with Crippen LogP contribution in [0, 0.1) is 5.41 Å². The van der Waals surface area contributed by atoms with Gasteiger partial charge in [-0.3, -0.25) is 9.69 Å². The van der Waals surface area contributed by atoms with Crippen molar-refractivity contribution in [2.24, 2.45) is 5.41 Å². The molecule has 20 heavy (non-hydrogen) atoms. The van der Waals surface area contributed by atoms with Gasteiger partial charge in [0, 0.05) is 25.0 Å². The molecule has 1 aromatic rings. The van der Waals surface area contributed by atoms with Gasteiger partial charge in [-0.1, -0.05) is 25.9 Å². The fraction of sp³-hybridized carbons (Fsp3) is 0.786. The van der Waals surface area contributed by atoms with E-state index in [1.807, 2.05) is 20.8 Å². The maximum Gasteiger partial charge on any atom is 0.234 e. The van der Waals surface area contributed by atoms with Crippen LogP contribution in [0.5, 0.6) is 0 Å². The van der Waals surface area contributed by atoms with E-state index in [1.165, 1.54) is 0 Å². The number of ketones is 1. The minimum Gasteiger partial charge on any atom is -0.339 e. The van der Waals surface area contributed by atoms with Gasteiger partial charge in [-0.05, 0) is 14.1 Å². The lowest BCUT2D eigenvalue weighted by Gasteiger charge is -2.35. The summed E-state index contributed by atoms with van der Waals surface area (Å²) >= 11 is 0. The molecule has 6 heteroatoms. The normalized spacial score (nSPS) is 22.1.